The molecule has 1 aliphatic rings. The van der Waals surface area contributed by atoms with E-state index in [1.165, 1.54) is 28.6 Å². The highest BCUT2D eigenvalue weighted by Gasteiger charge is 2.39. The van der Waals surface area contributed by atoms with Gasteiger partial charge in [-0.25, -0.2) is 8.42 Å². The average molecular weight is 444 g/mol. The fourth-order valence-electron chi connectivity index (χ4n) is 2.81. The smallest absolute Gasteiger partial charge is 0.243 e. The first-order chi connectivity index (χ1) is 11.9. The van der Waals surface area contributed by atoms with E-state index in [0.29, 0.717) is 30.1 Å². The Balaban J connectivity index is 1.83. The number of carbonyl (C=O) groups is 1. The second-order valence-corrected chi connectivity index (χ2v) is 8.88. The van der Waals surface area contributed by atoms with Crippen molar-refractivity contribution in [3.05, 3.63) is 58.0 Å². The van der Waals surface area contributed by atoms with E-state index in [0.717, 1.165) is 4.47 Å². The van der Waals surface area contributed by atoms with E-state index in [-0.39, 0.29) is 10.8 Å². The summed E-state index contributed by atoms with van der Waals surface area (Å²) in [5.74, 6) is -0.332. The first-order valence-electron chi connectivity index (χ1n) is 7.72. The number of sulfonamides is 1. The molecule has 1 saturated heterocycles. The first kappa shape index (κ1) is 18.4. The van der Waals surface area contributed by atoms with Gasteiger partial charge in [0.2, 0.25) is 15.9 Å². The Bertz CT molecular complexity index is 887. The lowest BCUT2D eigenvalue weighted by Crippen LogP contribution is -2.43. The van der Waals surface area contributed by atoms with Crippen LogP contribution in [0.25, 0.3) is 0 Å². The summed E-state index contributed by atoms with van der Waals surface area (Å²) < 4.78 is 27.8. The predicted molar refractivity (Wildman–Crippen MR) is 101 cm³/mol. The minimum atomic E-state index is -3.75. The van der Waals surface area contributed by atoms with Crippen LogP contribution in [0, 0.1) is 0 Å². The van der Waals surface area contributed by atoms with E-state index in [4.69, 9.17) is 11.6 Å². The summed E-state index contributed by atoms with van der Waals surface area (Å²) >= 11 is 9.20. The highest BCUT2D eigenvalue weighted by Crippen LogP contribution is 2.29. The molecule has 0 radical (unpaired) electrons. The summed E-state index contributed by atoms with van der Waals surface area (Å²) in [4.78, 5) is 12.8. The lowest BCUT2D eigenvalue weighted by Gasteiger charge is -2.23. The van der Waals surface area contributed by atoms with Crippen molar-refractivity contribution in [1.29, 1.82) is 0 Å². The van der Waals surface area contributed by atoms with Crippen LogP contribution in [0.4, 0.5) is 5.69 Å². The molecule has 5 nitrogen and oxygen atoms in total. The molecule has 0 unspecified atom stereocenters. The van der Waals surface area contributed by atoms with E-state index < -0.39 is 16.1 Å². The number of nitrogens with one attached hydrogen (secondary N) is 1. The molecule has 0 aliphatic carbocycles. The largest absolute Gasteiger partial charge is 0.324 e. The Kier molecular flexibility index (Phi) is 5.48. The predicted octanol–water partition coefficient (Wildman–Crippen LogP) is 3.89. The molecule has 3 rings (SSSR count). The van der Waals surface area contributed by atoms with Crippen LogP contribution in [-0.2, 0) is 14.8 Å². The number of anilines is 1. The van der Waals surface area contributed by atoms with Crippen LogP contribution in [0.5, 0.6) is 0 Å². The van der Waals surface area contributed by atoms with Gasteiger partial charge in [-0.1, -0.05) is 23.7 Å². The summed E-state index contributed by atoms with van der Waals surface area (Å²) in [5, 5.41) is 3.26. The van der Waals surface area contributed by atoms with Gasteiger partial charge in [-0.2, -0.15) is 4.31 Å². The second kappa shape index (κ2) is 7.45. The molecule has 1 amide bonds. The van der Waals surface area contributed by atoms with Crippen LogP contribution in [0.3, 0.4) is 0 Å². The van der Waals surface area contributed by atoms with Gasteiger partial charge in [-0.3, -0.25) is 4.79 Å². The van der Waals surface area contributed by atoms with Crippen LogP contribution in [0.15, 0.2) is 57.9 Å². The van der Waals surface area contributed by atoms with Crippen LogP contribution >= 0.6 is 27.5 Å². The number of para-hydroxylation sites is 1. The maximum absolute atomic E-state index is 12.9. The molecular weight excluding hydrogens is 428 g/mol. The van der Waals surface area contributed by atoms with Crippen molar-refractivity contribution in [2.24, 2.45) is 0 Å². The van der Waals surface area contributed by atoms with Gasteiger partial charge in [-0.05, 0) is 65.2 Å². The van der Waals surface area contributed by atoms with Gasteiger partial charge in [-0.15, -0.1) is 0 Å². The van der Waals surface area contributed by atoms with Crippen molar-refractivity contribution >= 4 is 49.1 Å². The van der Waals surface area contributed by atoms with E-state index in [1.54, 1.807) is 12.1 Å². The zero-order chi connectivity index (χ0) is 18.0. The third kappa shape index (κ3) is 3.89. The molecule has 1 heterocycles. The minimum Gasteiger partial charge on any atom is -0.324 e. The van der Waals surface area contributed by atoms with E-state index >= 15 is 0 Å². The molecule has 1 fully saturated rings. The molecule has 1 aliphatic heterocycles. The molecule has 0 aromatic heterocycles. The summed E-state index contributed by atoms with van der Waals surface area (Å²) in [6.07, 6.45) is 1.13. The van der Waals surface area contributed by atoms with Gasteiger partial charge in [0.1, 0.15) is 6.04 Å². The number of halogens is 2. The number of amides is 1. The van der Waals surface area contributed by atoms with Crippen molar-refractivity contribution in [2.45, 2.75) is 23.8 Å². The summed E-state index contributed by atoms with van der Waals surface area (Å²) in [6.45, 7) is 0.318. The normalized spacial score (nSPS) is 18.2. The molecule has 0 spiro atoms. The zero-order valence-corrected chi connectivity index (χ0v) is 16.3. The molecule has 1 atom stereocenters. The number of benzene rings is 2. The lowest BCUT2D eigenvalue weighted by atomic mass is 10.2. The Morgan fingerprint density at radius 3 is 2.52 bits per heavy atom. The standard InChI is InChI=1S/C17H16BrClN2O3S/c18-14-4-1-2-5-15(14)20-17(22)16-6-3-11-21(16)25(23,24)13-9-7-12(19)8-10-13/h1-2,4-5,7-10,16H,3,6,11H2,(H,20,22)/t16-/m0/s1. The Morgan fingerprint density at radius 1 is 1.16 bits per heavy atom. The monoisotopic (exact) mass is 442 g/mol. The fourth-order valence-corrected chi connectivity index (χ4v) is 4.98. The van der Waals surface area contributed by atoms with Gasteiger partial charge in [0, 0.05) is 16.0 Å². The number of hydrogen-bond acceptors (Lipinski definition) is 3. The second-order valence-electron chi connectivity index (χ2n) is 5.70. The van der Waals surface area contributed by atoms with Crippen molar-refractivity contribution in [3.63, 3.8) is 0 Å². The lowest BCUT2D eigenvalue weighted by molar-refractivity contribution is -0.119. The van der Waals surface area contributed by atoms with Gasteiger partial charge >= 0.3 is 0 Å². The zero-order valence-electron chi connectivity index (χ0n) is 13.2. The van der Waals surface area contributed by atoms with E-state index in [2.05, 4.69) is 21.2 Å². The quantitative estimate of drug-likeness (QED) is 0.779. The molecular formula is C17H16BrClN2O3S. The average Bonchev–Trinajstić information content (AvgIpc) is 3.08. The maximum Gasteiger partial charge on any atom is 0.243 e. The maximum atomic E-state index is 12.9. The highest BCUT2D eigenvalue weighted by molar-refractivity contribution is 9.10. The molecule has 8 heteroatoms. The van der Waals surface area contributed by atoms with Gasteiger partial charge in [0.05, 0.1) is 10.6 Å². The molecule has 1 N–H and O–H groups in total. The van der Waals surface area contributed by atoms with Crippen LogP contribution < -0.4 is 5.32 Å². The highest BCUT2D eigenvalue weighted by atomic mass is 79.9. The van der Waals surface area contributed by atoms with E-state index in [9.17, 15) is 13.2 Å². The summed E-state index contributed by atoms with van der Waals surface area (Å²) in [7, 11) is -3.75. The first-order valence-corrected chi connectivity index (χ1v) is 10.3. The van der Waals surface area contributed by atoms with Crippen LogP contribution in [0.2, 0.25) is 5.02 Å². The van der Waals surface area contributed by atoms with Gasteiger partial charge in [0.25, 0.3) is 0 Å². The Hall–Kier alpha value is -1.41. The summed E-state index contributed by atoms with van der Waals surface area (Å²) in [5.41, 5.74) is 0.614. The molecule has 25 heavy (non-hydrogen) atoms. The molecule has 2 aromatic carbocycles. The molecule has 2 aromatic rings. The van der Waals surface area contributed by atoms with E-state index in [1.807, 2.05) is 12.1 Å². The van der Waals surface area contributed by atoms with Crippen molar-refractivity contribution in [3.8, 4) is 0 Å². The number of rotatable bonds is 4. The third-order valence-electron chi connectivity index (χ3n) is 4.06. The van der Waals surface area contributed by atoms with Crippen molar-refractivity contribution in [2.75, 3.05) is 11.9 Å². The molecule has 0 bridgehead atoms. The topological polar surface area (TPSA) is 66.5 Å². The number of nitrogens with zero attached hydrogens (tertiary/aromatic N) is 1. The fraction of sp³-hybridized carbons (Fsp3) is 0.235. The summed E-state index contributed by atoms with van der Waals surface area (Å²) in [6, 6.07) is 12.5. The van der Waals surface area contributed by atoms with Crippen molar-refractivity contribution < 1.29 is 13.2 Å². The van der Waals surface area contributed by atoms with Crippen LogP contribution in [-0.4, -0.2) is 31.2 Å². The molecule has 0 saturated carbocycles. The minimum absolute atomic E-state index is 0.137. The number of carbonyl (C=O) groups excluding carboxylic acids is 1. The Labute approximate surface area is 160 Å². The Morgan fingerprint density at radius 2 is 1.84 bits per heavy atom. The van der Waals surface area contributed by atoms with Gasteiger partial charge < -0.3 is 5.32 Å². The SMILES string of the molecule is O=C(Nc1ccccc1Br)[C@@H]1CCCN1S(=O)(=O)c1ccc(Cl)cc1. The molecule has 132 valence electrons. The van der Waals surface area contributed by atoms with Crippen LogP contribution in [0.1, 0.15) is 12.8 Å². The number of hydrogen-bond donors (Lipinski definition) is 1. The third-order valence-corrected chi connectivity index (χ3v) is 6.92. The van der Waals surface area contributed by atoms with Gasteiger partial charge in [0.15, 0.2) is 0 Å². The van der Waals surface area contributed by atoms with Crippen molar-refractivity contribution in [1.82, 2.24) is 4.31 Å².